The fraction of sp³-hybridized carbons (Fsp3) is 0.500. The predicted molar refractivity (Wildman–Crippen MR) is 93.7 cm³/mol. The number of halogens is 1. The molecule has 1 aliphatic rings. The van der Waals surface area contributed by atoms with E-state index in [9.17, 15) is 9.59 Å². The van der Waals surface area contributed by atoms with Crippen molar-refractivity contribution in [3.8, 4) is 0 Å². The first-order valence-electron chi connectivity index (χ1n) is 7.73. The van der Waals surface area contributed by atoms with Gasteiger partial charge in [0.25, 0.3) is 0 Å². The van der Waals surface area contributed by atoms with Crippen molar-refractivity contribution in [1.29, 1.82) is 0 Å². The molecule has 5 N–H and O–H groups in total. The molecule has 2 atom stereocenters. The van der Waals surface area contributed by atoms with Crippen molar-refractivity contribution < 1.29 is 9.59 Å². The number of hydrogen-bond acceptors (Lipinski definition) is 3. The van der Waals surface area contributed by atoms with Gasteiger partial charge < -0.3 is 21.7 Å². The fourth-order valence-corrected chi connectivity index (χ4v) is 2.02. The lowest BCUT2D eigenvalue weighted by molar-refractivity contribution is -0.123. The molecule has 0 aromatic heterocycles. The number of carbonyl (C=O) groups excluding carboxylic acids is 2. The third-order valence-corrected chi connectivity index (χ3v) is 3.72. The van der Waals surface area contributed by atoms with E-state index in [0.29, 0.717) is 12.5 Å². The largest absolute Gasteiger partial charge is 0.348 e. The van der Waals surface area contributed by atoms with Crippen LogP contribution in [-0.4, -0.2) is 24.0 Å². The zero-order chi connectivity index (χ0) is 16.1. The van der Waals surface area contributed by atoms with E-state index in [4.69, 9.17) is 5.73 Å². The van der Waals surface area contributed by atoms with E-state index in [1.54, 1.807) is 0 Å². The highest BCUT2D eigenvalue weighted by molar-refractivity contribution is 5.89. The average molecular weight is 341 g/mol. The highest BCUT2D eigenvalue weighted by atomic mass is 35.5. The zero-order valence-electron chi connectivity index (χ0n) is 13.5. The summed E-state index contributed by atoms with van der Waals surface area (Å²) >= 11 is 0. The van der Waals surface area contributed by atoms with Crippen molar-refractivity contribution in [2.75, 3.05) is 5.32 Å². The van der Waals surface area contributed by atoms with Gasteiger partial charge in [-0.05, 0) is 43.9 Å². The van der Waals surface area contributed by atoms with Gasteiger partial charge >= 0.3 is 6.03 Å². The molecule has 3 amide bonds. The molecule has 1 saturated carbocycles. The second-order valence-electron chi connectivity index (χ2n) is 5.74. The number of nitrogens with one attached hydrogen (secondary N) is 3. The van der Waals surface area contributed by atoms with Crippen LogP contribution in [-0.2, 0) is 4.79 Å². The van der Waals surface area contributed by atoms with Gasteiger partial charge in [-0.1, -0.05) is 19.1 Å². The molecule has 128 valence electrons. The van der Waals surface area contributed by atoms with Crippen molar-refractivity contribution in [2.45, 2.75) is 51.2 Å². The minimum absolute atomic E-state index is 0. The Labute approximate surface area is 143 Å². The van der Waals surface area contributed by atoms with Gasteiger partial charge in [0.2, 0.25) is 5.91 Å². The molecule has 7 heteroatoms. The van der Waals surface area contributed by atoms with Crippen molar-refractivity contribution in [2.24, 2.45) is 5.73 Å². The molecule has 0 radical (unpaired) electrons. The van der Waals surface area contributed by atoms with Gasteiger partial charge in [0.1, 0.15) is 0 Å². The van der Waals surface area contributed by atoms with Gasteiger partial charge in [-0.3, -0.25) is 4.79 Å². The van der Waals surface area contributed by atoms with Crippen LogP contribution in [0.25, 0.3) is 0 Å². The van der Waals surface area contributed by atoms with Crippen LogP contribution < -0.4 is 21.7 Å². The molecular weight excluding hydrogens is 316 g/mol. The normalized spacial score (nSPS) is 15.8. The zero-order valence-corrected chi connectivity index (χ0v) is 14.3. The van der Waals surface area contributed by atoms with Crippen molar-refractivity contribution in [3.63, 3.8) is 0 Å². The highest BCUT2D eigenvalue weighted by Gasteiger charge is 2.23. The number of anilines is 1. The van der Waals surface area contributed by atoms with Gasteiger partial charge in [-0.2, -0.15) is 0 Å². The molecule has 1 aliphatic carbocycles. The third kappa shape index (κ3) is 6.08. The number of amides is 3. The van der Waals surface area contributed by atoms with Crippen molar-refractivity contribution >= 4 is 30.0 Å². The van der Waals surface area contributed by atoms with Crippen molar-refractivity contribution in [1.82, 2.24) is 10.6 Å². The van der Waals surface area contributed by atoms with Gasteiger partial charge in [0, 0.05) is 11.7 Å². The van der Waals surface area contributed by atoms with Crippen LogP contribution >= 0.6 is 12.4 Å². The van der Waals surface area contributed by atoms with Crippen molar-refractivity contribution in [3.05, 3.63) is 29.8 Å². The first-order chi connectivity index (χ1) is 10.5. The smallest absolute Gasteiger partial charge is 0.319 e. The third-order valence-electron chi connectivity index (χ3n) is 3.72. The summed E-state index contributed by atoms with van der Waals surface area (Å²) in [6.45, 7) is 3.78. The monoisotopic (exact) mass is 340 g/mol. The molecule has 2 rings (SSSR count). The van der Waals surface area contributed by atoms with E-state index in [0.717, 1.165) is 24.1 Å². The lowest BCUT2D eigenvalue weighted by atomic mass is 10.1. The van der Waals surface area contributed by atoms with Gasteiger partial charge in [-0.25, -0.2) is 4.79 Å². The maximum Gasteiger partial charge on any atom is 0.319 e. The summed E-state index contributed by atoms with van der Waals surface area (Å²) in [5.74, 6) is -0.152. The van der Waals surface area contributed by atoms with E-state index in [1.807, 2.05) is 38.1 Å². The summed E-state index contributed by atoms with van der Waals surface area (Å²) in [4.78, 5) is 23.4. The Balaban J connectivity index is 0.00000264. The Morgan fingerprint density at radius 3 is 2.39 bits per heavy atom. The Morgan fingerprint density at radius 2 is 1.87 bits per heavy atom. The SMILES string of the molecule is CC[C@H](N)C(=O)NC(C)c1ccc(NC(=O)NC2CC2)cc1.Cl. The molecule has 1 fully saturated rings. The lowest BCUT2D eigenvalue weighted by Crippen LogP contribution is -2.41. The van der Waals surface area contributed by atoms with E-state index in [1.165, 1.54) is 0 Å². The summed E-state index contributed by atoms with van der Waals surface area (Å²) in [6, 6.07) is 6.97. The topological polar surface area (TPSA) is 96.2 Å². The molecule has 0 bridgehead atoms. The van der Waals surface area contributed by atoms with E-state index in [-0.39, 0.29) is 30.4 Å². The first-order valence-corrected chi connectivity index (χ1v) is 7.73. The number of benzene rings is 1. The average Bonchev–Trinajstić information content (AvgIpc) is 3.30. The summed E-state index contributed by atoms with van der Waals surface area (Å²) in [7, 11) is 0. The number of rotatable bonds is 6. The second kappa shape index (κ2) is 8.74. The number of urea groups is 1. The standard InChI is InChI=1S/C16H24N4O2.ClH/c1-3-14(17)15(21)18-10(2)11-4-6-12(7-5-11)19-16(22)20-13-8-9-13;/h4-7,10,13-14H,3,8-9,17H2,1-2H3,(H,18,21)(H2,19,20,22);1H/t10?,14-;/m0./s1. The van der Waals surface area contributed by atoms with E-state index >= 15 is 0 Å². The summed E-state index contributed by atoms with van der Waals surface area (Å²) in [6.07, 6.45) is 2.73. The predicted octanol–water partition coefficient (Wildman–Crippen LogP) is 2.31. The van der Waals surface area contributed by atoms with Crippen LogP contribution in [0, 0.1) is 0 Å². The van der Waals surface area contributed by atoms with Gasteiger partial charge in [-0.15, -0.1) is 12.4 Å². The lowest BCUT2D eigenvalue weighted by Gasteiger charge is -2.17. The van der Waals surface area contributed by atoms with Crippen LogP contribution in [0.3, 0.4) is 0 Å². The van der Waals surface area contributed by atoms with Crippen LogP contribution in [0.1, 0.15) is 44.7 Å². The molecule has 0 aliphatic heterocycles. The highest BCUT2D eigenvalue weighted by Crippen LogP contribution is 2.19. The Kier molecular flexibility index (Phi) is 7.32. The fourth-order valence-electron chi connectivity index (χ4n) is 2.02. The molecule has 1 aromatic carbocycles. The summed E-state index contributed by atoms with van der Waals surface area (Å²) in [5.41, 5.74) is 7.39. The molecular formula is C16H25ClN4O2. The van der Waals surface area contributed by atoms with Gasteiger partial charge in [0.15, 0.2) is 0 Å². The molecule has 0 saturated heterocycles. The van der Waals surface area contributed by atoms with Crippen LogP contribution in [0.2, 0.25) is 0 Å². The Bertz CT molecular complexity index is 531. The molecule has 1 unspecified atom stereocenters. The second-order valence-corrected chi connectivity index (χ2v) is 5.74. The molecule has 0 spiro atoms. The first kappa shape index (κ1) is 19.3. The van der Waals surface area contributed by atoms with Gasteiger partial charge in [0.05, 0.1) is 12.1 Å². The molecule has 6 nitrogen and oxygen atoms in total. The van der Waals surface area contributed by atoms with Crippen LogP contribution in [0.4, 0.5) is 10.5 Å². The molecule has 1 aromatic rings. The van der Waals surface area contributed by atoms with Crippen LogP contribution in [0.15, 0.2) is 24.3 Å². The Morgan fingerprint density at radius 1 is 1.26 bits per heavy atom. The number of hydrogen-bond donors (Lipinski definition) is 4. The van der Waals surface area contributed by atoms with Crippen LogP contribution in [0.5, 0.6) is 0 Å². The number of nitrogens with two attached hydrogens (primary N) is 1. The van der Waals surface area contributed by atoms with E-state index < -0.39 is 6.04 Å². The summed E-state index contributed by atoms with van der Waals surface area (Å²) < 4.78 is 0. The maximum atomic E-state index is 11.8. The Hall–Kier alpha value is -1.79. The minimum Gasteiger partial charge on any atom is -0.348 e. The van der Waals surface area contributed by atoms with E-state index in [2.05, 4.69) is 16.0 Å². The molecule has 23 heavy (non-hydrogen) atoms. The maximum absolute atomic E-state index is 11.8. The minimum atomic E-state index is -0.477. The molecule has 0 heterocycles. The quantitative estimate of drug-likeness (QED) is 0.639. The summed E-state index contributed by atoms with van der Waals surface area (Å²) in [5, 5.41) is 8.53. The number of carbonyl (C=O) groups is 2.